The van der Waals surface area contributed by atoms with Gasteiger partial charge in [-0.15, -0.1) is 0 Å². The Hall–Kier alpha value is -2.01. The van der Waals surface area contributed by atoms with Crippen molar-refractivity contribution >= 4 is 12.0 Å². The fourth-order valence-corrected chi connectivity index (χ4v) is 3.25. The van der Waals surface area contributed by atoms with Crippen molar-refractivity contribution in [2.75, 3.05) is 39.9 Å². The minimum Gasteiger partial charge on any atom is -0.486 e. The van der Waals surface area contributed by atoms with E-state index in [9.17, 15) is 4.79 Å². The molecule has 1 saturated heterocycles. The second-order valence-corrected chi connectivity index (χ2v) is 6.35. The van der Waals surface area contributed by atoms with Gasteiger partial charge in [-0.25, -0.2) is 0 Å². The van der Waals surface area contributed by atoms with Crippen LogP contribution in [0.1, 0.15) is 25.3 Å². The van der Waals surface area contributed by atoms with Crippen LogP contribution in [-0.2, 0) is 4.79 Å². The van der Waals surface area contributed by atoms with Gasteiger partial charge < -0.3 is 19.3 Å². The van der Waals surface area contributed by atoms with E-state index in [1.807, 2.05) is 36.2 Å². The summed E-state index contributed by atoms with van der Waals surface area (Å²) in [6, 6.07) is 6.09. The zero-order chi connectivity index (χ0) is 16.9. The van der Waals surface area contributed by atoms with Crippen LogP contribution in [0.2, 0.25) is 0 Å². The standard InChI is InChI=1S/C19H26N2O3/c1-3-21-10-8-16(9-11-21)20(2)19(22)7-5-15-4-6-17-18(14-15)24-13-12-23-17/h4-7,14,16H,3,8-13H2,1-2H3/b7-5+. The lowest BCUT2D eigenvalue weighted by Gasteiger charge is -2.35. The van der Waals surface area contributed by atoms with Crippen LogP contribution < -0.4 is 9.47 Å². The van der Waals surface area contributed by atoms with Crippen LogP contribution >= 0.6 is 0 Å². The SMILES string of the molecule is CCN1CCC(N(C)C(=O)/C=C/c2ccc3c(c2)OCCO3)CC1. The molecule has 2 aliphatic rings. The first-order chi connectivity index (χ1) is 11.7. The number of fused-ring (bicyclic) bond motifs is 1. The van der Waals surface area contributed by atoms with Crippen molar-refractivity contribution in [3.63, 3.8) is 0 Å². The fraction of sp³-hybridized carbons (Fsp3) is 0.526. The van der Waals surface area contributed by atoms with E-state index in [0.29, 0.717) is 19.3 Å². The van der Waals surface area contributed by atoms with Gasteiger partial charge in [0.25, 0.3) is 0 Å². The molecule has 5 nitrogen and oxygen atoms in total. The number of benzene rings is 1. The molecule has 0 saturated carbocycles. The van der Waals surface area contributed by atoms with Gasteiger partial charge in [-0.2, -0.15) is 0 Å². The molecular formula is C19H26N2O3. The van der Waals surface area contributed by atoms with E-state index in [2.05, 4.69) is 11.8 Å². The topological polar surface area (TPSA) is 42.0 Å². The van der Waals surface area contributed by atoms with Crippen LogP contribution in [0.5, 0.6) is 11.5 Å². The molecule has 2 heterocycles. The van der Waals surface area contributed by atoms with Gasteiger partial charge in [-0.1, -0.05) is 13.0 Å². The van der Waals surface area contributed by atoms with Gasteiger partial charge in [-0.3, -0.25) is 4.79 Å². The van der Waals surface area contributed by atoms with Crippen molar-refractivity contribution in [1.29, 1.82) is 0 Å². The second-order valence-electron chi connectivity index (χ2n) is 6.35. The van der Waals surface area contributed by atoms with E-state index in [1.54, 1.807) is 6.08 Å². The van der Waals surface area contributed by atoms with Crippen molar-refractivity contribution in [2.45, 2.75) is 25.8 Å². The molecule has 0 radical (unpaired) electrons. The van der Waals surface area contributed by atoms with Gasteiger partial charge in [0, 0.05) is 32.3 Å². The Morgan fingerprint density at radius 2 is 1.96 bits per heavy atom. The molecule has 0 N–H and O–H groups in total. The molecule has 5 heteroatoms. The van der Waals surface area contributed by atoms with Crippen molar-refractivity contribution in [3.8, 4) is 11.5 Å². The van der Waals surface area contributed by atoms with Crippen molar-refractivity contribution in [2.24, 2.45) is 0 Å². The third-order valence-electron chi connectivity index (χ3n) is 4.88. The molecule has 0 aromatic heterocycles. The summed E-state index contributed by atoms with van der Waals surface area (Å²) in [5.41, 5.74) is 0.946. The number of hydrogen-bond acceptors (Lipinski definition) is 4. The van der Waals surface area contributed by atoms with E-state index in [1.165, 1.54) is 0 Å². The number of ether oxygens (including phenoxy) is 2. The van der Waals surface area contributed by atoms with Crippen LogP contribution in [0, 0.1) is 0 Å². The van der Waals surface area contributed by atoms with E-state index in [4.69, 9.17) is 9.47 Å². The molecular weight excluding hydrogens is 304 g/mol. The molecule has 0 bridgehead atoms. The van der Waals surface area contributed by atoms with Crippen LogP contribution in [0.3, 0.4) is 0 Å². The summed E-state index contributed by atoms with van der Waals surface area (Å²) >= 11 is 0. The maximum absolute atomic E-state index is 12.4. The second kappa shape index (κ2) is 7.71. The Morgan fingerprint density at radius 1 is 1.25 bits per heavy atom. The summed E-state index contributed by atoms with van der Waals surface area (Å²) in [6.45, 7) is 6.58. The molecule has 3 rings (SSSR count). The molecule has 1 aromatic carbocycles. The number of hydrogen-bond donors (Lipinski definition) is 0. The van der Waals surface area contributed by atoms with Crippen molar-refractivity contribution in [1.82, 2.24) is 9.80 Å². The van der Waals surface area contributed by atoms with Crippen LogP contribution in [0.15, 0.2) is 24.3 Å². The maximum Gasteiger partial charge on any atom is 0.246 e. The minimum atomic E-state index is 0.0554. The summed E-state index contributed by atoms with van der Waals surface area (Å²) in [7, 11) is 1.91. The van der Waals surface area contributed by atoms with E-state index < -0.39 is 0 Å². The Balaban J connectivity index is 1.58. The number of amides is 1. The Kier molecular flexibility index (Phi) is 5.41. The molecule has 130 valence electrons. The summed E-state index contributed by atoms with van der Waals surface area (Å²) in [5, 5.41) is 0. The average Bonchev–Trinajstić information content (AvgIpc) is 2.65. The zero-order valence-electron chi connectivity index (χ0n) is 14.5. The number of carbonyl (C=O) groups is 1. The van der Waals surface area contributed by atoms with E-state index in [0.717, 1.165) is 49.5 Å². The van der Waals surface area contributed by atoms with Crippen LogP contribution in [0.4, 0.5) is 0 Å². The van der Waals surface area contributed by atoms with Crippen LogP contribution in [-0.4, -0.2) is 61.6 Å². The predicted molar refractivity (Wildman–Crippen MR) is 94.4 cm³/mol. The Bertz CT molecular complexity index is 607. The Labute approximate surface area is 143 Å². The normalized spacial score (nSPS) is 18.8. The molecule has 1 amide bonds. The van der Waals surface area contributed by atoms with Crippen LogP contribution in [0.25, 0.3) is 6.08 Å². The predicted octanol–water partition coefficient (Wildman–Crippen LogP) is 2.41. The molecule has 0 unspecified atom stereocenters. The summed E-state index contributed by atoms with van der Waals surface area (Å²) in [4.78, 5) is 16.7. The highest BCUT2D eigenvalue weighted by molar-refractivity contribution is 5.91. The number of piperidine rings is 1. The third-order valence-corrected chi connectivity index (χ3v) is 4.88. The van der Waals surface area contributed by atoms with Crippen molar-refractivity contribution in [3.05, 3.63) is 29.8 Å². The van der Waals surface area contributed by atoms with E-state index >= 15 is 0 Å². The third kappa shape index (κ3) is 3.90. The van der Waals surface area contributed by atoms with Gasteiger partial charge >= 0.3 is 0 Å². The number of likely N-dealkylation sites (N-methyl/N-ethyl adjacent to an activating group) is 1. The average molecular weight is 330 g/mol. The lowest BCUT2D eigenvalue weighted by Crippen LogP contribution is -2.45. The first kappa shape index (κ1) is 16.8. The smallest absolute Gasteiger partial charge is 0.246 e. The van der Waals surface area contributed by atoms with Gasteiger partial charge in [0.2, 0.25) is 5.91 Å². The van der Waals surface area contributed by atoms with Gasteiger partial charge in [0.05, 0.1) is 0 Å². The first-order valence-corrected chi connectivity index (χ1v) is 8.74. The molecule has 0 aliphatic carbocycles. The number of rotatable bonds is 4. The van der Waals surface area contributed by atoms with Gasteiger partial charge in [0.1, 0.15) is 13.2 Å². The molecule has 0 atom stereocenters. The number of likely N-dealkylation sites (tertiary alicyclic amines) is 1. The van der Waals surface area contributed by atoms with Gasteiger partial charge in [-0.05, 0) is 43.2 Å². The summed E-state index contributed by atoms with van der Waals surface area (Å²) in [6.07, 6.45) is 5.59. The lowest BCUT2D eigenvalue weighted by molar-refractivity contribution is -0.127. The Morgan fingerprint density at radius 3 is 2.67 bits per heavy atom. The molecule has 2 aliphatic heterocycles. The molecule has 1 fully saturated rings. The van der Waals surface area contributed by atoms with Gasteiger partial charge in [0.15, 0.2) is 11.5 Å². The van der Waals surface area contributed by atoms with E-state index in [-0.39, 0.29) is 5.91 Å². The quantitative estimate of drug-likeness (QED) is 0.795. The maximum atomic E-state index is 12.4. The highest BCUT2D eigenvalue weighted by atomic mass is 16.6. The lowest BCUT2D eigenvalue weighted by atomic mass is 10.0. The highest BCUT2D eigenvalue weighted by Crippen LogP contribution is 2.31. The zero-order valence-corrected chi connectivity index (χ0v) is 14.5. The van der Waals surface area contributed by atoms with Crippen molar-refractivity contribution < 1.29 is 14.3 Å². The number of carbonyl (C=O) groups excluding carboxylic acids is 1. The fourth-order valence-electron chi connectivity index (χ4n) is 3.25. The minimum absolute atomic E-state index is 0.0554. The molecule has 0 spiro atoms. The molecule has 1 aromatic rings. The number of nitrogens with zero attached hydrogens (tertiary/aromatic N) is 2. The monoisotopic (exact) mass is 330 g/mol. The highest BCUT2D eigenvalue weighted by Gasteiger charge is 2.23. The largest absolute Gasteiger partial charge is 0.486 e. The summed E-state index contributed by atoms with van der Waals surface area (Å²) < 4.78 is 11.1. The molecule has 24 heavy (non-hydrogen) atoms. The first-order valence-electron chi connectivity index (χ1n) is 8.74. The summed E-state index contributed by atoms with van der Waals surface area (Å²) in [5.74, 6) is 1.57.